The topological polar surface area (TPSA) is 73.6 Å². The molecule has 0 aromatic heterocycles. The molecular formula is C14H22N2O3. The van der Waals surface area contributed by atoms with Crippen molar-refractivity contribution in [3.63, 3.8) is 0 Å². The first-order valence-corrected chi connectivity index (χ1v) is 6.47. The maximum Gasteiger partial charge on any atom is 0.257 e. The number of carbonyl (C=O) groups excluding carboxylic acids is 1. The Balaban J connectivity index is 2.65. The lowest BCUT2D eigenvalue weighted by atomic mass is 10.1. The largest absolute Gasteiger partial charge is 0.493 e. The van der Waals surface area contributed by atoms with Gasteiger partial charge in [0.05, 0.1) is 19.3 Å². The first-order valence-electron chi connectivity index (χ1n) is 6.47. The molecule has 3 N–H and O–H groups in total. The van der Waals surface area contributed by atoms with Crippen LogP contribution >= 0.6 is 0 Å². The molecule has 1 aromatic carbocycles. The van der Waals surface area contributed by atoms with Crippen LogP contribution in [0.25, 0.3) is 0 Å². The predicted molar refractivity (Wildman–Crippen MR) is 75.4 cm³/mol. The van der Waals surface area contributed by atoms with Crippen LogP contribution in [0.15, 0.2) is 18.2 Å². The summed E-state index contributed by atoms with van der Waals surface area (Å²) in [6.45, 7) is 7.16. The fourth-order valence-corrected chi connectivity index (χ4v) is 1.61. The fourth-order valence-electron chi connectivity index (χ4n) is 1.61. The van der Waals surface area contributed by atoms with Gasteiger partial charge in [-0.25, -0.2) is 0 Å². The second kappa shape index (κ2) is 7.63. The smallest absolute Gasteiger partial charge is 0.257 e. The lowest BCUT2D eigenvalue weighted by Crippen LogP contribution is -2.29. The number of amides is 1. The zero-order chi connectivity index (χ0) is 14.3. The average molecular weight is 266 g/mol. The Morgan fingerprint density at radius 3 is 2.79 bits per heavy atom. The van der Waals surface area contributed by atoms with Crippen LogP contribution < -0.4 is 15.8 Å². The first kappa shape index (κ1) is 15.3. The Morgan fingerprint density at radius 2 is 2.16 bits per heavy atom. The monoisotopic (exact) mass is 266 g/mol. The minimum atomic E-state index is -0.242. The Morgan fingerprint density at radius 1 is 1.42 bits per heavy atom. The number of nitrogen functional groups attached to an aromatic ring is 1. The van der Waals surface area contributed by atoms with Gasteiger partial charge in [-0.2, -0.15) is 0 Å². The fraction of sp³-hybridized carbons (Fsp3) is 0.500. The molecule has 0 fully saturated rings. The maximum atomic E-state index is 12.1. The van der Waals surface area contributed by atoms with Crippen molar-refractivity contribution in [2.45, 2.75) is 26.9 Å². The average Bonchev–Trinajstić information content (AvgIpc) is 2.35. The molecule has 0 aliphatic rings. The van der Waals surface area contributed by atoms with Crippen molar-refractivity contribution in [2.75, 3.05) is 25.5 Å². The SMILES string of the molecule is CCOc1cccc(N)c1C(=O)NCCOC(C)C. The van der Waals surface area contributed by atoms with E-state index in [1.54, 1.807) is 18.2 Å². The van der Waals surface area contributed by atoms with Crippen molar-refractivity contribution in [1.82, 2.24) is 5.32 Å². The minimum absolute atomic E-state index is 0.151. The standard InChI is InChI=1S/C14H22N2O3/c1-4-18-12-7-5-6-11(15)13(12)14(17)16-8-9-19-10(2)3/h5-7,10H,4,8-9,15H2,1-3H3,(H,16,17). The van der Waals surface area contributed by atoms with Gasteiger partial charge in [-0.15, -0.1) is 0 Å². The molecule has 0 aliphatic carbocycles. The van der Waals surface area contributed by atoms with Gasteiger partial charge >= 0.3 is 0 Å². The number of hydrogen-bond donors (Lipinski definition) is 2. The molecule has 5 nitrogen and oxygen atoms in total. The summed E-state index contributed by atoms with van der Waals surface area (Å²) in [6, 6.07) is 5.18. The van der Waals surface area contributed by atoms with E-state index in [1.165, 1.54) is 0 Å². The van der Waals surface area contributed by atoms with Gasteiger partial charge in [0.25, 0.3) is 5.91 Å². The van der Waals surface area contributed by atoms with Crippen molar-refractivity contribution < 1.29 is 14.3 Å². The summed E-state index contributed by atoms with van der Waals surface area (Å²) in [7, 11) is 0. The molecule has 0 bridgehead atoms. The molecule has 0 saturated carbocycles. The normalized spacial score (nSPS) is 10.5. The highest BCUT2D eigenvalue weighted by Gasteiger charge is 2.15. The lowest BCUT2D eigenvalue weighted by molar-refractivity contribution is 0.0745. The molecule has 5 heteroatoms. The van der Waals surface area contributed by atoms with Gasteiger partial charge < -0.3 is 20.5 Å². The van der Waals surface area contributed by atoms with Crippen LogP contribution in [-0.2, 0) is 4.74 Å². The molecule has 1 amide bonds. The van der Waals surface area contributed by atoms with E-state index >= 15 is 0 Å². The van der Waals surface area contributed by atoms with E-state index in [9.17, 15) is 4.79 Å². The third kappa shape index (κ3) is 4.79. The van der Waals surface area contributed by atoms with E-state index in [2.05, 4.69) is 5.32 Å². The van der Waals surface area contributed by atoms with E-state index in [-0.39, 0.29) is 12.0 Å². The molecule has 1 rings (SSSR count). The number of anilines is 1. The third-order valence-corrected chi connectivity index (χ3v) is 2.42. The molecule has 0 radical (unpaired) electrons. The van der Waals surface area contributed by atoms with Crippen LogP contribution in [0, 0.1) is 0 Å². The maximum absolute atomic E-state index is 12.1. The zero-order valence-corrected chi connectivity index (χ0v) is 11.7. The summed E-state index contributed by atoms with van der Waals surface area (Å²) in [4.78, 5) is 12.1. The van der Waals surface area contributed by atoms with Gasteiger partial charge in [-0.1, -0.05) is 6.07 Å². The summed E-state index contributed by atoms with van der Waals surface area (Å²) in [5.74, 6) is 0.263. The molecule has 0 saturated heterocycles. The summed E-state index contributed by atoms with van der Waals surface area (Å²) in [6.07, 6.45) is 0.151. The van der Waals surface area contributed by atoms with Crippen molar-refractivity contribution >= 4 is 11.6 Å². The van der Waals surface area contributed by atoms with Crippen molar-refractivity contribution in [2.24, 2.45) is 0 Å². The number of carbonyl (C=O) groups is 1. The van der Waals surface area contributed by atoms with Gasteiger partial charge in [-0.3, -0.25) is 4.79 Å². The number of benzene rings is 1. The highest BCUT2D eigenvalue weighted by atomic mass is 16.5. The van der Waals surface area contributed by atoms with Crippen LogP contribution in [0.3, 0.4) is 0 Å². The Kier molecular flexibility index (Phi) is 6.15. The number of rotatable bonds is 7. The van der Waals surface area contributed by atoms with Gasteiger partial charge in [0.1, 0.15) is 11.3 Å². The molecule has 0 aliphatic heterocycles. The highest BCUT2D eigenvalue weighted by molar-refractivity contribution is 6.01. The second-order valence-corrected chi connectivity index (χ2v) is 4.33. The molecule has 0 unspecified atom stereocenters. The third-order valence-electron chi connectivity index (χ3n) is 2.42. The van der Waals surface area contributed by atoms with Crippen molar-refractivity contribution in [1.29, 1.82) is 0 Å². The van der Waals surface area contributed by atoms with Crippen LogP contribution in [0.1, 0.15) is 31.1 Å². The minimum Gasteiger partial charge on any atom is -0.493 e. The van der Waals surface area contributed by atoms with Crippen LogP contribution in [0.2, 0.25) is 0 Å². The Bertz CT molecular complexity index is 419. The molecule has 106 valence electrons. The van der Waals surface area contributed by atoms with E-state index in [0.29, 0.717) is 36.8 Å². The number of ether oxygens (including phenoxy) is 2. The zero-order valence-electron chi connectivity index (χ0n) is 11.7. The van der Waals surface area contributed by atoms with Crippen LogP contribution in [0.4, 0.5) is 5.69 Å². The van der Waals surface area contributed by atoms with Gasteiger partial charge in [0.15, 0.2) is 0 Å². The van der Waals surface area contributed by atoms with Gasteiger partial charge in [0, 0.05) is 12.2 Å². The Hall–Kier alpha value is -1.75. The summed E-state index contributed by atoms with van der Waals surface area (Å²) in [5, 5.41) is 2.77. The first-order chi connectivity index (χ1) is 9.06. The number of nitrogens with two attached hydrogens (primary N) is 1. The molecule has 0 atom stereocenters. The number of hydrogen-bond acceptors (Lipinski definition) is 4. The Labute approximate surface area is 114 Å². The second-order valence-electron chi connectivity index (χ2n) is 4.33. The molecule has 19 heavy (non-hydrogen) atoms. The quantitative estimate of drug-likeness (QED) is 0.583. The van der Waals surface area contributed by atoms with Gasteiger partial charge in [0.2, 0.25) is 0 Å². The van der Waals surface area contributed by atoms with Crippen LogP contribution in [0.5, 0.6) is 5.75 Å². The highest BCUT2D eigenvalue weighted by Crippen LogP contribution is 2.24. The van der Waals surface area contributed by atoms with Crippen molar-refractivity contribution in [3.8, 4) is 5.75 Å². The van der Waals surface area contributed by atoms with Crippen molar-refractivity contribution in [3.05, 3.63) is 23.8 Å². The summed E-state index contributed by atoms with van der Waals surface area (Å²) in [5.41, 5.74) is 6.63. The van der Waals surface area contributed by atoms with E-state index in [0.717, 1.165) is 0 Å². The summed E-state index contributed by atoms with van der Waals surface area (Å²) < 4.78 is 10.8. The molecular weight excluding hydrogens is 244 g/mol. The van der Waals surface area contributed by atoms with E-state index < -0.39 is 0 Å². The summed E-state index contributed by atoms with van der Waals surface area (Å²) >= 11 is 0. The van der Waals surface area contributed by atoms with E-state index in [4.69, 9.17) is 15.2 Å². The van der Waals surface area contributed by atoms with E-state index in [1.807, 2.05) is 20.8 Å². The predicted octanol–water partition coefficient (Wildman–Crippen LogP) is 1.82. The lowest BCUT2D eigenvalue weighted by Gasteiger charge is -2.13. The molecule has 0 spiro atoms. The molecule has 0 heterocycles. The van der Waals surface area contributed by atoms with Crippen LogP contribution in [-0.4, -0.2) is 31.8 Å². The molecule has 1 aromatic rings. The van der Waals surface area contributed by atoms with Gasteiger partial charge in [-0.05, 0) is 32.9 Å². The number of nitrogens with one attached hydrogen (secondary N) is 1.